The summed E-state index contributed by atoms with van der Waals surface area (Å²) in [5, 5.41) is 0. The maximum Gasteiger partial charge on any atom is 0.302 e. The van der Waals surface area contributed by atoms with Gasteiger partial charge in [-0.25, -0.2) is 0 Å². The Hall–Kier alpha value is -3.48. The standard InChI is InChI=1S/C19H23NO4.C11H11NO/c1-13(21)24-9-4-2-3-7-17(22)15-10-14-6-5-8-20-18(23)12-16(11-15)19(14)20;13-10-7-9-4-1-3-8-5-2-6-12(10)11(8)9/h10-11H,2-9,12H2,1H3;1,3-4H,2,5-7H2. The van der Waals surface area contributed by atoms with Crippen LogP contribution in [0.4, 0.5) is 11.4 Å². The minimum Gasteiger partial charge on any atom is -0.466 e. The molecule has 4 aliphatic rings. The van der Waals surface area contributed by atoms with Crippen LogP contribution in [-0.2, 0) is 44.8 Å². The Balaban J connectivity index is 0.000000179. The predicted octanol–water partition coefficient (Wildman–Crippen LogP) is 4.35. The number of unbranched alkanes of at least 4 members (excludes halogenated alkanes) is 2. The molecule has 0 aliphatic carbocycles. The van der Waals surface area contributed by atoms with Crippen molar-refractivity contribution in [3.05, 3.63) is 58.1 Å². The summed E-state index contributed by atoms with van der Waals surface area (Å²) in [4.78, 5) is 50.6. The second kappa shape index (κ2) is 10.9. The molecule has 0 unspecified atom stereocenters. The third-order valence-electron chi connectivity index (χ3n) is 7.63. The van der Waals surface area contributed by atoms with E-state index >= 15 is 0 Å². The summed E-state index contributed by atoms with van der Waals surface area (Å²) in [7, 11) is 0. The van der Waals surface area contributed by atoms with Gasteiger partial charge in [0.25, 0.3) is 0 Å². The van der Waals surface area contributed by atoms with Crippen LogP contribution in [0.5, 0.6) is 0 Å². The summed E-state index contributed by atoms with van der Waals surface area (Å²) >= 11 is 0. The van der Waals surface area contributed by atoms with Gasteiger partial charge in [-0.15, -0.1) is 0 Å². The molecule has 6 rings (SSSR count). The molecule has 194 valence electrons. The molecule has 0 N–H and O–H groups in total. The average molecular weight is 503 g/mol. The van der Waals surface area contributed by atoms with Crippen LogP contribution in [0.25, 0.3) is 0 Å². The van der Waals surface area contributed by atoms with Crippen molar-refractivity contribution < 1.29 is 23.9 Å². The Labute approximate surface area is 217 Å². The summed E-state index contributed by atoms with van der Waals surface area (Å²) in [5.74, 6) is 0.308. The first-order valence-electron chi connectivity index (χ1n) is 13.5. The van der Waals surface area contributed by atoms with Gasteiger partial charge in [0.05, 0.1) is 30.8 Å². The number of anilines is 2. The van der Waals surface area contributed by atoms with Crippen molar-refractivity contribution in [1.29, 1.82) is 0 Å². The summed E-state index contributed by atoms with van der Waals surface area (Å²) in [6.07, 6.45) is 8.12. The average Bonchev–Trinajstić information content (AvgIpc) is 3.40. The fourth-order valence-electron chi connectivity index (χ4n) is 5.95. The molecular weight excluding hydrogens is 468 g/mol. The first-order chi connectivity index (χ1) is 17.9. The summed E-state index contributed by atoms with van der Waals surface area (Å²) in [6, 6.07) is 10.2. The van der Waals surface area contributed by atoms with E-state index in [1.54, 1.807) is 0 Å². The van der Waals surface area contributed by atoms with Crippen LogP contribution in [0, 0.1) is 0 Å². The lowest BCUT2D eigenvalue weighted by molar-refractivity contribution is -0.141. The molecule has 0 radical (unpaired) electrons. The molecule has 7 nitrogen and oxygen atoms in total. The summed E-state index contributed by atoms with van der Waals surface area (Å²) < 4.78 is 4.88. The molecule has 0 bridgehead atoms. The number of Topliss-reactive ketones (excluding diaryl/α,β-unsaturated/α-hetero) is 1. The molecule has 0 saturated carbocycles. The number of carbonyl (C=O) groups excluding carboxylic acids is 4. The van der Waals surface area contributed by atoms with E-state index in [2.05, 4.69) is 18.2 Å². The smallest absolute Gasteiger partial charge is 0.302 e. The first kappa shape index (κ1) is 25.2. The van der Waals surface area contributed by atoms with Crippen LogP contribution in [0.1, 0.15) is 78.1 Å². The number of esters is 1. The van der Waals surface area contributed by atoms with Crippen molar-refractivity contribution in [3.8, 4) is 0 Å². The van der Waals surface area contributed by atoms with Gasteiger partial charge in [-0.05, 0) is 79.3 Å². The fraction of sp³-hybridized carbons (Fsp3) is 0.467. The highest BCUT2D eigenvalue weighted by Crippen LogP contribution is 2.38. The number of amides is 2. The number of ether oxygens (including phenoxy) is 1. The number of benzene rings is 2. The van der Waals surface area contributed by atoms with Crippen molar-refractivity contribution in [2.45, 2.75) is 71.1 Å². The molecule has 2 amide bonds. The number of aryl methyl sites for hydroxylation is 2. The van der Waals surface area contributed by atoms with E-state index < -0.39 is 0 Å². The van der Waals surface area contributed by atoms with Crippen molar-refractivity contribution in [2.75, 3.05) is 29.5 Å². The van der Waals surface area contributed by atoms with E-state index in [1.165, 1.54) is 23.7 Å². The van der Waals surface area contributed by atoms with E-state index in [0.29, 0.717) is 25.9 Å². The van der Waals surface area contributed by atoms with Gasteiger partial charge in [0.15, 0.2) is 5.78 Å². The minimum atomic E-state index is -0.262. The third kappa shape index (κ3) is 5.31. The molecule has 4 aliphatic heterocycles. The Morgan fingerprint density at radius 3 is 2.16 bits per heavy atom. The SMILES string of the molecule is CC(=O)OCCCCCC(=O)c1cc2c3c(c1)CC(=O)N3CCC2.O=C1Cc2cccc3c2N1CCC3. The third-order valence-corrected chi connectivity index (χ3v) is 7.63. The van der Waals surface area contributed by atoms with Gasteiger partial charge >= 0.3 is 5.97 Å². The molecule has 4 heterocycles. The topological polar surface area (TPSA) is 84.0 Å². The maximum absolute atomic E-state index is 12.5. The molecule has 7 heteroatoms. The maximum atomic E-state index is 12.5. The zero-order valence-electron chi connectivity index (χ0n) is 21.5. The zero-order chi connectivity index (χ0) is 25.9. The minimum absolute atomic E-state index is 0.137. The lowest BCUT2D eigenvalue weighted by Crippen LogP contribution is -2.31. The first-order valence-corrected chi connectivity index (χ1v) is 13.5. The highest BCUT2D eigenvalue weighted by molar-refractivity contribution is 6.05. The molecule has 2 aromatic rings. The molecule has 2 aromatic carbocycles. The van der Waals surface area contributed by atoms with Gasteiger partial charge in [0.2, 0.25) is 11.8 Å². The molecule has 37 heavy (non-hydrogen) atoms. The lowest BCUT2D eigenvalue weighted by Gasteiger charge is -2.25. The molecule has 0 fully saturated rings. The van der Waals surface area contributed by atoms with Gasteiger partial charge in [-0.3, -0.25) is 19.2 Å². The van der Waals surface area contributed by atoms with E-state index in [0.717, 1.165) is 80.4 Å². The van der Waals surface area contributed by atoms with Crippen LogP contribution in [0.3, 0.4) is 0 Å². The summed E-state index contributed by atoms with van der Waals surface area (Å²) in [5.41, 5.74) is 7.75. The van der Waals surface area contributed by atoms with E-state index in [1.807, 2.05) is 21.9 Å². The van der Waals surface area contributed by atoms with Crippen molar-refractivity contribution in [3.63, 3.8) is 0 Å². The second-order valence-electron chi connectivity index (χ2n) is 10.3. The van der Waals surface area contributed by atoms with Crippen molar-refractivity contribution >= 4 is 34.9 Å². The number of ketones is 1. The Kier molecular flexibility index (Phi) is 7.40. The molecule has 0 aromatic heterocycles. The van der Waals surface area contributed by atoms with E-state index in [-0.39, 0.29) is 23.6 Å². The van der Waals surface area contributed by atoms with Gasteiger partial charge in [0, 0.05) is 32.0 Å². The Bertz CT molecular complexity index is 1250. The van der Waals surface area contributed by atoms with Gasteiger partial charge in [-0.2, -0.15) is 0 Å². The monoisotopic (exact) mass is 502 g/mol. The van der Waals surface area contributed by atoms with Crippen LogP contribution < -0.4 is 9.80 Å². The van der Waals surface area contributed by atoms with Crippen molar-refractivity contribution in [1.82, 2.24) is 0 Å². The highest BCUT2D eigenvalue weighted by atomic mass is 16.5. The predicted molar refractivity (Wildman–Crippen MR) is 141 cm³/mol. The van der Waals surface area contributed by atoms with E-state index in [9.17, 15) is 19.2 Å². The largest absolute Gasteiger partial charge is 0.466 e. The Morgan fingerprint density at radius 1 is 0.811 bits per heavy atom. The van der Waals surface area contributed by atoms with Crippen LogP contribution >= 0.6 is 0 Å². The molecule has 0 saturated heterocycles. The van der Waals surface area contributed by atoms with Gasteiger partial charge in [0.1, 0.15) is 0 Å². The number of rotatable bonds is 7. The normalized spacial score (nSPS) is 16.7. The number of hydrogen-bond donors (Lipinski definition) is 0. The molecule has 0 spiro atoms. The summed E-state index contributed by atoms with van der Waals surface area (Å²) in [6.45, 7) is 3.54. The van der Waals surface area contributed by atoms with Crippen LogP contribution in [-0.4, -0.2) is 43.3 Å². The van der Waals surface area contributed by atoms with Crippen molar-refractivity contribution in [2.24, 2.45) is 0 Å². The van der Waals surface area contributed by atoms with Crippen LogP contribution in [0.15, 0.2) is 30.3 Å². The quantitative estimate of drug-likeness (QED) is 0.319. The number of hydrogen-bond acceptors (Lipinski definition) is 5. The van der Waals surface area contributed by atoms with Crippen LogP contribution in [0.2, 0.25) is 0 Å². The number of carbonyl (C=O) groups is 4. The molecular formula is C30H34N2O5. The van der Waals surface area contributed by atoms with Gasteiger partial charge in [-0.1, -0.05) is 18.2 Å². The Morgan fingerprint density at radius 2 is 1.43 bits per heavy atom. The highest BCUT2D eigenvalue weighted by Gasteiger charge is 2.33. The van der Waals surface area contributed by atoms with Gasteiger partial charge < -0.3 is 14.5 Å². The number of nitrogens with zero attached hydrogens (tertiary/aromatic N) is 2. The number of para-hydroxylation sites is 1. The van der Waals surface area contributed by atoms with E-state index in [4.69, 9.17) is 4.74 Å². The fourth-order valence-corrected chi connectivity index (χ4v) is 5.95. The molecule has 0 atom stereocenters. The zero-order valence-corrected chi connectivity index (χ0v) is 21.5. The lowest BCUT2D eigenvalue weighted by atomic mass is 9.94. The second-order valence-corrected chi connectivity index (χ2v) is 10.3.